The van der Waals surface area contributed by atoms with E-state index < -0.39 is 0 Å². The minimum Gasteiger partial charge on any atom is -0.399 e. The lowest BCUT2D eigenvalue weighted by Crippen LogP contribution is -1.99. The molecule has 0 atom stereocenters. The number of aryl methyl sites for hydroxylation is 2. The molecule has 1 aromatic heterocycles. The molecule has 0 unspecified atom stereocenters. The molecular weight excluding hydrogens is 314 g/mol. The number of aromatic nitrogens is 2. The van der Waals surface area contributed by atoms with E-state index in [4.69, 9.17) is 10.7 Å². The largest absolute Gasteiger partial charge is 0.399 e. The first kappa shape index (κ1) is 13.2. The van der Waals surface area contributed by atoms with E-state index in [9.17, 15) is 0 Å². The van der Waals surface area contributed by atoms with E-state index in [0.717, 1.165) is 39.1 Å². The van der Waals surface area contributed by atoms with Crippen LogP contribution >= 0.6 is 15.9 Å². The van der Waals surface area contributed by atoms with E-state index in [0.29, 0.717) is 0 Å². The third-order valence-corrected chi connectivity index (χ3v) is 4.02. The molecule has 0 aliphatic carbocycles. The predicted molar refractivity (Wildman–Crippen MR) is 87.7 cm³/mol. The average Bonchev–Trinajstić information content (AvgIpc) is 2.78. The second-order valence-electron chi connectivity index (χ2n) is 4.89. The fraction of sp³-hybridized carbons (Fsp3) is 0.188. The first-order valence-corrected chi connectivity index (χ1v) is 7.41. The summed E-state index contributed by atoms with van der Waals surface area (Å²) in [4.78, 5) is 4.79. The summed E-state index contributed by atoms with van der Waals surface area (Å²) < 4.78 is 3.27. The van der Waals surface area contributed by atoms with Crippen LogP contribution < -0.4 is 5.73 Å². The van der Waals surface area contributed by atoms with Gasteiger partial charge in [-0.1, -0.05) is 22.0 Å². The Morgan fingerprint density at radius 3 is 2.75 bits per heavy atom. The zero-order chi connectivity index (χ0) is 14.3. The summed E-state index contributed by atoms with van der Waals surface area (Å²) in [5.74, 6) is 0.977. The van der Waals surface area contributed by atoms with Crippen LogP contribution in [0.5, 0.6) is 0 Å². The van der Waals surface area contributed by atoms with Gasteiger partial charge in [0.05, 0.1) is 11.0 Å². The Morgan fingerprint density at radius 2 is 2.00 bits per heavy atom. The number of nitrogen functional groups attached to an aromatic ring is 1. The molecule has 0 spiro atoms. The molecule has 3 aromatic rings. The average molecular weight is 330 g/mol. The van der Waals surface area contributed by atoms with E-state index in [1.807, 2.05) is 30.3 Å². The minimum atomic E-state index is 0.765. The van der Waals surface area contributed by atoms with Crippen LogP contribution in [0.2, 0.25) is 0 Å². The topological polar surface area (TPSA) is 43.8 Å². The van der Waals surface area contributed by atoms with Gasteiger partial charge in [0.25, 0.3) is 0 Å². The van der Waals surface area contributed by atoms with Crippen LogP contribution in [-0.4, -0.2) is 9.55 Å². The summed E-state index contributed by atoms with van der Waals surface area (Å²) >= 11 is 3.50. The Hall–Kier alpha value is -1.81. The Bertz CT molecular complexity index is 790. The highest BCUT2D eigenvalue weighted by Crippen LogP contribution is 2.29. The van der Waals surface area contributed by atoms with Crippen LogP contribution in [-0.2, 0) is 6.54 Å². The Labute approximate surface area is 126 Å². The van der Waals surface area contributed by atoms with Gasteiger partial charge in [0.1, 0.15) is 5.82 Å². The minimum absolute atomic E-state index is 0.765. The number of imidazole rings is 1. The molecule has 2 aromatic carbocycles. The van der Waals surface area contributed by atoms with Crippen LogP contribution in [0.25, 0.3) is 22.4 Å². The highest BCUT2D eigenvalue weighted by atomic mass is 79.9. The van der Waals surface area contributed by atoms with Gasteiger partial charge in [0.15, 0.2) is 0 Å². The number of fused-ring (bicyclic) bond motifs is 1. The normalized spacial score (nSPS) is 11.2. The van der Waals surface area contributed by atoms with Crippen molar-refractivity contribution in [2.45, 2.75) is 20.4 Å². The Kier molecular flexibility index (Phi) is 3.26. The monoisotopic (exact) mass is 329 g/mol. The third kappa shape index (κ3) is 2.10. The smallest absolute Gasteiger partial charge is 0.141 e. The van der Waals surface area contributed by atoms with E-state index in [-0.39, 0.29) is 0 Å². The Morgan fingerprint density at radius 1 is 1.20 bits per heavy atom. The molecule has 20 heavy (non-hydrogen) atoms. The molecule has 0 aliphatic rings. The highest BCUT2D eigenvalue weighted by molar-refractivity contribution is 9.10. The summed E-state index contributed by atoms with van der Waals surface area (Å²) in [6, 6.07) is 12.2. The highest BCUT2D eigenvalue weighted by Gasteiger charge is 2.13. The van der Waals surface area contributed by atoms with Crippen molar-refractivity contribution >= 4 is 32.7 Å². The second kappa shape index (κ2) is 4.94. The zero-order valence-corrected chi connectivity index (χ0v) is 13.1. The molecular formula is C16H16BrN3. The third-order valence-electron chi connectivity index (χ3n) is 3.53. The van der Waals surface area contributed by atoms with Gasteiger partial charge < -0.3 is 10.3 Å². The molecule has 3 nitrogen and oxygen atoms in total. The summed E-state index contributed by atoms with van der Waals surface area (Å²) in [6.07, 6.45) is 0. The molecule has 4 heteroatoms. The number of hydrogen-bond acceptors (Lipinski definition) is 2. The predicted octanol–water partition coefficient (Wildman–Crippen LogP) is 4.38. The lowest BCUT2D eigenvalue weighted by Gasteiger charge is -2.09. The van der Waals surface area contributed by atoms with E-state index in [2.05, 4.69) is 40.4 Å². The van der Waals surface area contributed by atoms with Crippen LogP contribution in [0.1, 0.15) is 12.5 Å². The van der Waals surface area contributed by atoms with Gasteiger partial charge in [-0.2, -0.15) is 0 Å². The number of hydrogen-bond donors (Lipinski definition) is 1. The maximum atomic E-state index is 5.93. The fourth-order valence-corrected chi connectivity index (χ4v) is 2.86. The number of nitrogens with two attached hydrogens (primary N) is 1. The SMILES string of the molecule is CCn1c(-c2cc(N)ccc2C)nc2cc(Br)ccc21. The van der Waals surface area contributed by atoms with E-state index >= 15 is 0 Å². The molecule has 0 saturated heterocycles. The van der Waals surface area contributed by atoms with Crippen molar-refractivity contribution in [1.82, 2.24) is 9.55 Å². The van der Waals surface area contributed by atoms with E-state index in [1.165, 1.54) is 5.56 Å². The lowest BCUT2D eigenvalue weighted by atomic mass is 10.1. The van der Waals surface area contributed by atoms with Gasteiger partial charge in [0, 0.05) is 22.3 Å². The molecule has 0 saturated carbocycles. The van der Waals surface area contributed by atoms with Gasteiger partial charge in [-0.25, -0.2) is 4.98 Å². The molecule has 102 valence electrons. The first-order valence-electron chi connectivity index (χ1n) is 6.62. The maximum Gasteiger partial charge on any atom is 0.141 e. The quantitative estimate of drug-likeness (QED) is 0.709. The van der Waals surface area contributed by atoms with Crippen molar-refractivity contribution in [2.24, 2.45) is 0 Å². The van der Waals surface area contributed by atoms with E-state index in [1.54, 1.807) is 0 Å². The maximum absolute atomic E-state index is 5.93. The van der Waals surface area contributed by atoms with Gasteiger partial charge in [0.2, 0.25) is 0 Å². The molecule has 3 rings (SSSR count). The van der Waals surface area contributed by atoms with Crippen LogP contribution in [0.4, 0.5) is 5.69 Å². The number of rotatable bonds is 2. The molecule has 1 heterocycles. The summed E-state index contributed by atoms with van der Waals surface area (Å²) in [5, 5.41) is 0. The van der Waals surface area contributed by atoms with Crippen molar-refractivity contribution < 1.29 is 0 Å². The summed E-state index contributed by atoms with van der Waals surface area (Å²) in [5.41, 5.74) is 11.1. The van der Waals surface area contributed by atoms with Crippen LogP contribution in [0.15, 0.2) is 40.9 Å². The van der Waals surface area contributed by atoms with Crippen molar-refractivity contribution in [1.29, 1.82) is 0 Å². The second-order valence-corrected chi connectivity index (χ2v) is 5.80. The molecule has 0 bridgehead atoms. The summed E-state index contributed by atoms with van der Waals surface area (Å²) in [6.45, 7) is 5.10. The van der Waals surface area contributed by atoms with Gasteiger partial charge in [-0.15, -0.1) is 0 Å². The van der Waals surface area contributed by atoms with Crippen LogP contribution in [0.3, 0.4) is 0 Å². The number of anilines is 1. The van der Waals surface area contributed by atoms with Crippen molar-refractivity contribution in [3.05, 3.63) is 46.4 Å². The fourth-order valence-electron chi connectivity index (χ4n) is 2.51. The standard InChI is InChI=1S/C16H16BrN3/c1-3-20-15-7-5-11(17)8-14(15)19-16(20)13-9-12(18)6-4-10(13)2/h4-9H,3,18H2,1-2H3. The van der Waals surface area contributed by atoms with Crippen molar-refractivity contribution in [3.63, 3.8) is 0 Å². The van der Waals surface area contributed by atoms with Crippen LogP contribution in [0, 0.1) is 6.92 Å². The molecule has 0 aliphatic heterocycles. The lowest BCUT2D eigenvalue weighted by molar-refractivity contribution is 0.796. The number of nitrogens with zero attached hydrogens (tertiary/aromatic N) is 2. The summed E-state index contributed by atoms with van der Waals surface area (Å²) in [7, 11) is 0. The number of halogens is 1. The first-order chi connectivity index (χ1) is 9.60. The van der Waals surface area contributed by atoms with Gasteiger partial charge in [-0.05, 0) is 49.7 Å². The van der Waals surface area contributed by atoms with Crippen molar-refractivity contribution in [2.75, 3.05) is 5.73 Å². The van der Waals surface area contributed by atoms with Gasteiger partial charge >= 0.3 is 0 Å². The molecule has 0 fully saturated rings. The zero-order valence-electron chi connectivity index (χ0n) is 11.5. The molecule has 2 N–H and O–H groups in total. The van der Waals surface area contributed by atoms with Gasteiger partial charge in [-0.3, -0.25) is 0 Å². The molecule has 0 amide bonds. The Balaban J connectivity index is 2.32. The number of benzene rings is 2. The molecule has 0 radical (unpaired) electrons. The van der Waals surface area contributed by atoms with Crippen molar-refractivity contribution in [3.8, 4) is 11.4 Å².